The van der Waals surface area contributed by atoms with Gasteiger partial charge in [-0.05, 0) is 25.8 Å². The van der Waals surface area contributed by atoms with E-state index in [9.17, 15) is 4.79 Å². The number of amides is 1. The first kappa shape index (κ1) is 9.77. The number of fused-ring (bicyclic) bond motifs is 1. The second-order valence-corrected chi connectivity index (χ2v) is 4.27. The Labute approximate surface area is 84.2 Å². The molecule has 2 fully saturated rings. The van der Waals surface area contributed by atoms with Crippen LogP contribution in [0.15, 0.2) is 0 Å². The zero-order chi connectivity index (χ0) is 9.97. The second-order valence-electron chi connectivity index (χ2n) is 4.27. The molecule has 3 unspecified atom stereocenters. The van der Waals surface area contributed by atoms with Crippen molar-refractivity contribution in [3.8, 4) is 0 Å². The third-order valence-corrected chi connectivity index (χ3v) is 3.40. The van der Waals surface area contributed by atoms with Crippen molar-refractivity contribution >= 4 is 6.09 Å². The Balaban J connectivity index is 1.97. The molecule has 2 aliphatic rings. The number of nitrogens with two attached hydrogens (primary N) is 1. The molecule has 14 heavy (non-hydrogen) atoms. The fourth-order valence-corrected chi connectivity index (χ4v) is 2.78. The number of carbonyl (C=O) groups is 1. The number of ether oxygens (including phenoxy) is 1. The molecule has 1 saturated heterocycles. The molecular weight excluding hydrogens is 180 g/mol. The highest BCUT2D eigenvalue weighted by Crippen LogP contribution is 2.32. The largest absolute Gasteiger partial charge is 0.446 e. The van der Waals surface area contributed by atoms with Crippen LogP contribution in [-0.4, -0.2) is 24.8 Å². The fraction of sp³-hybridized carbons (Fsp3) is 0.900. The van der Waals surface area contributed by atoms with Crippen LogP contribution in [0.3, 0.4) is 0 Å². The van der Waals surface area contributed by atoms with E-state index in [1.165, 1.54) is 19.3 Å². The number of hydrogen-bond acceptors (Lipinski definition) is 3. The van der Waals surface area contributed by atoms with Crippen molar-refractivity contribution in [1.29, 1.82) is 0 Å². The smallest absolute Gasteiger partial charge is 0.404 e. The van der Waals surface area contributed by atoms with Crippen LogP contribution in [0.25, 0.3) is 0 Å². The van der Waals surface area contributed by atoms with Crippen LogP contribution in [0.5, 0.6) is 0 Å². The molecule has 1 heterocycles. The van der Waals surface area contributed by atoms with Gasteiger partial charge < -0.3 is 15.8 Å². The van der Waals surface area contributed by atoms with Gasteiger partial charge in [0.25, 0.3) is 0 Å². The second kappa shape index (κ2) is 4.17. The minimum Gasteiger partial charge on any atom is -0.446 e. The van der Waals surface area contributed by atoms with Gasteiger partial charge >= 0.3 is 6.09 Å². The van der Waals surface area contributed by atoms with Crippen molar-refractivity contribution in [3.05, 3.63) is 0 Å². The average Bonchev–Trinajstić information content (AvgIpc) is 2.18. The molecule has 80 valence electrons. The minimum atomic E-state index is -0.624. The highest BCUT2D eigenvalue weighted by atomic mass is 16.6. The van der Waals surface area contributed by atoms with Gasteiger partial charge in [0.05, 0.1) is 0 Å². The van der Waals surface area contributed by atoms with Gasteiger partial charge in [0.2, 0.25) is 0 Å². The quantitative estimate of drug-likeness (QED) is 0.660. The summed E-state index contributed by atoms with van der Waals surface area (Å²) in [6.45, 7) is 0.944. The fourth-order valence-electron chi connectivity index (χ4n) is 2.78. The summed E-state index contributed by atoms with van der Waals surface area (Å²) < 4.78 is 5.16. The van der Waals surface area contributed by atoms with E-state index in [1.807, 2.05) is 0 Å². The molecule has 4 heteroatoms. The Morgan fingerprint density at radius 3 is 2.86 bits per heavy atom. The van der Waals surface area contributed by atoms with E-state index in [0.29, 0.717) is 12.0 Å². The number of primary amides is 1. The molecular formula is C10H18N2O2. The Bertz CT molecular complexity index is 218. The molecule has 4 nitrogen and oxygen atoms in total. The topological polar surface area (TPSA) is 64.4 Å². The first-order chi connectivity index (χ1) is 6.77. The summed E-state index contributed by atoms with van der Waals surface area (Å²) in [5.74, 6) is 0.491. The molecule has 1 aliphatic heterocycles. The van der Waals surface area contributed by atoms with E-state index in [2.05, 4.69) is 5.32 Å². The number of rotatable bonds is 1. The normalized spacial score (nSPS) is 37.3. The molecule has 3 atom stereocenters. The Kier molecular flexibility index (Phi) is 2.91. The SMILES string of the molecule is NC(=O)OC1CCNC2CCCCC21. The lowest BCUT2D eigenvalue weighted by molar-refractivity contribution is 0.0153. The molecule has 1 saturated carbocycles. The first-order valence-corrected chi connectivity index (χ1v) is 5.47. The van der Waals surface area contributed by atoms with Crippen molar-refractivity contribution in [2.24, 2.45) is 11.7 Å². The monoisotopic (exact) mass is 198 g/mol. The predicted octanol–water partition coefficient (Wildman–Crippen LogP) is 1.00. The number of carbonyl (C=O) groups excluding carboxylic acids is 1. The molecule has 0 radical (unpaired) electrons. The molecule has 0 bridgehead atoms. The molecule has 0 aromatic carbocycles. The van der Waals surface area contributed by atoms with Gasteiger partial charge in [-0.2, -0.15) is 0 Å². The van der Waals surface area contributed by atoms with E-state index in [1.54, 1.807) is 0 Å². The van der Waals surface area contributed by atoms with Gasteiger partial charge in [0, 0.05) is 12.0 Å². The summed E-state index contributed by atoms with van der Waals surface area (Å²) in [4.78, 5) is 10.7. The van der Waals surface area contributed by atoms with Crippen LogP contribution in [0, 0.1) is 5.92 Å². The van der Waals surface area contributed by atoms with Gasteiger partial charge in [-0.25, -0.2) is 4.79 Å². The Hall–Kier alpha value is -0.770. The van der Waals surface area contributed by atoms with Gasteiger partial charge in [0.15, 0.2) is 0 Å². The van der Waals surface area contributed by atoms with Crippen molar-refractivity contribution in [3.63, 3.8) is 0 Å². The molecule has 0 spiro atoms. The number of piperidine rings is 1. The highest BCUT2D eigenvalue weighted by Gasteiger charge is 2.36. The van der Waals surface area contributed by atoms with Crippen LogP contribution in [-0.2, 0) is 4.74 Å². The molecule has 0 aromatic heterocycles. The van der Waals surface area contributed by atoms with E-state index < -0.39 is 6.09 Å². The van der Waals surface area contributed by atoms with Crippen molar-refractivity contribution in [2.75, 3.05) is 6.54 Å². The predicted molar refractivity (Wildman–Crippen MR) is 52.8 cm³/mol. The first-order valence-electron chi connectivity index (χ1n) is 5.47. The minimum absolute atomic E-state index is 0.0547. The standard InChI is InChI=1S/C10H18N2O2/c11-10(13)14-9-5-6-12-8-4-2-1-3-7(8)9/h7-9,12H,1-6H2,(H2,11,13). The van der Waals surface area contributed by atoms with Crippen LogP contribution in [0.2, 0.25) is 0 Å². The summed E-state index contributed by atoms with van der Waals surface area (Å²) in [6.07, 6.45) is 5.25. The van der Waals surface area contributed by atoms with Gasteiger partial charge in [-0.15, -0.1) is 0 Å². The summed E-state index contributed by atoms with van der Waals surface area (Å²) in [6, 6.07) is 0.543. The highest BCUT2D eigenvalue weighted by molar-refractivity contribution is 5.64. The van der Waals surface area contributed by atoms with E-state index in [4.69, 9.17) is 10.5 Å². The molecule has 1 amide bonds. The summed E-state index contributed by atoms with van der Waals surface area (Å²) in [7, 11) is 0. The Morgan fingerprint density at radius 1 is 1.29 bits per heavy atom. The summed E-state index contributed by atoms with van der Waals surface area (Å²) >= 11 is 0. The lowest BCUT2D eigenvalue weighted by Crippen LogP contribution is -2.51. The summed E-state index contributed by atoms with van der Waals surface area (Å²) in [5.41, 5.74) is 5.06. The average molecular weight is 198 g/mol. The van der Waals surface area contributed by atoms with Gasteiger partial charge in [-0.1, -0.05) is 12.8 Å². The molecule has 3 N–H and O–H groups in total. The third-order valence-electron chi connectivity index (χ3n) is 3.40. The zero-order valence-electron chi connectivity index (χ0n) is 8.37. The van der Waals surface area contributed by atoms with E-state index >= 15 is 0 Å². The van der Waals surface area contributed by atoms with E-state index in [-0.39, 0.29) is 6.10 Å². The zero-order valence-corrected chi connectivity index (χ0v) is 8.37. The number of hydrogen-bond donors (Lipinski definition) is 2. The maximum absolute atomic E-state index is 10.7. The maximum atomic E-state index is 10.7. The third kappa shape index (κ3) is 2.00. The van der Waals surface area contributed by atoms with Gasteiger partial charge in [-0.3, -0.25) is 0 Å². The van der Waals surface area contributed by atoms with E-state index in [0.717, 1.165) is 19.4 Å². The van der Waals surface area contributed by atoms with Crippen molar-refractivity contribution in [2.45, 2.75) is 44.2 Å². The van der Waals surface area contributed by atoms with Crippen LogP contribution in [0.4, 0.5) is 4.79 Å². The van der Waals surface area contributed by atoms with Gasteiger partial charge in [0.1, 0.15) is 6.10 Å². The van der Waals surface area contributed by atoms with Crippen LogP contribution < -0.4 is 11.1 Å². The van der Waals surface area contributed by atoms with Crippen molar-refractivity contribution in [1.82, 2.24) is 5.32 Å². The Morgan fingerprint density at radius 2 is 2.07 bits per heavy atom. The lowest BCUT2D eigenvalue weighted by Gasteiger charge is -2.41. The molecule has 0 aromatic rings. The van der Waals surface area contributed by atoms with Crippen molar-refractivity contribution < 1.29 is 9.53 Å². The molecule has 1 aliphatic carbocycles. The van der Waals surface area contributed by atoms with Crippen LogP contribution in [0.1, 0.15) is 32.1 Å². The maximum Gasteiger partial charge on any atom is 0.404 e. The van der Waals surface area contributed by atoms with Crippen LogP contribution >= 0.6 is 0 Å². The summed E-state index contributed by atoms with van der Waals surface area (Å²) in [5, 5.41) is 3.49. The number of nitrogens with one attached hydrogen (secondary N) is 1. The lowest BCUT2D eigenvalue weighted by atomic mass is 9.78. The molecule has 2 rings (SSSR count).